The molecular weight excluding hydrogens is 432 g/mol. The zero-order valence-corrected chi connectivity index (χ0v) is 19.4. The number of unbranched alkanes of at least 4 members (excludes halogenated alkanes) is 1. The number of hydrogen-bond acceptors (Lipinski definition) is 5. The van der Waals surface area contributed by atoms with Gasteiger partial charge in [-0.3, -0.25) is 9.59 Å². The van der Waals surface area contributed by atoms with Crippen LogP contribution in [0.15, 0.2) is 60.7 Å². The molecule has 0 aliphatic carbocycles. The Kier molecular flexibility index (Phi) is 9.91. The monoisotopic (exact) mass is 466 g/mol. The summed E-state index contributed by atoms with van der Waals surface area (Å²) in [5.41, 5.74) is 7.27. The molecule has 2 aromatic rings. The summed E-state index contributed by atoms with van der Waals surface area (Å²) in [5.74, 6) is -0.437. The van der Waals surface area contributed by atoms with Gasteiger partial charge in [0.05, 0.1) is 0 Å². The number of nitrogens with one attached hydrogen (secondary N) is 2. The highest BCUT2D eigenvalue weighted by atomic mass is 16.5. The van der Waals surface area contributed by atoms with Gasteiger partial charge in [0, 0.05) is 19.5 Å². The molecule has 2 atom stereocenters. The average molecular weight is 467 g/mol. The van der Waals surface area contributed by atoms with Crippen LogP contribution in [0.25, 0.3) is 0 Å². The third-order valence-corrected chi connectivity index (χ3v) is 5.85. The molecular formula is C26H34N4O4. The van der Waals surface area contributed by atoms with E-state index in [1.807, 2.05) is 60.7 Å². The molecule has 4 N–H and O–H groups in total. The summed E-state index contributed by atoms with van der Waals surface area (Å²) in [6, 6.07) is 17.5. The number of rotatable bonds is 11. The Morgan fingerprint density at radius 2 is 1.68 bits per heavy atom. The zero-order valence-electron chi connectivity index (χ0n) is 19.4. The molecule has 0 aromatic heterocycles. The summed E-state index contributed by atoms with van der Waals surface area (Å²) in [4.78, 5) is 40.4. The molecule has 0 bridgehead atoms. The molecule has 1 saturated heterocycles. The van der Waals surface area contributed by atoms with Gasteiger partial charge in [0.25, 0.3) is 0 Å². The van der Waals surface area contributed by atoms with E-state index in [2.05, 4.69) is 10.6 Å². The number of ether oxygens (including phenoxy) is 1. The lowest BCUT2D eigenvalue weighted by Gasteiger charge is -2.28. The number of nitrogens with two attached hydrogens (primary N) is 1. The highest BCUT2D eigenvalue weighted by molar-refractivity contribution is 5.92. The number of carbonyl (C=O) groups is 3. The Hall–Kier alpha value is -3.39. The predicted molar refractivity (Wildman–Crippen MR) is 130 cm³/mol. The van der Waals surface area contributed by atoms with Crippen LogP contribution < -0.4 is 16.4 Å². The van der Waals surface area contributed by atoms with Crippen molar-refractivity contribution in [2.75, 3.05) is 19.6 Å². The molecule has 1 aliphatic heterocycles. The third-order valence-electron chi connectivity index (χ3n) is 5.85. The number of alkyl carbamates (subject to hydrolysis) is 1. The molecule has 34 heavy (non-hydrogen) atoms. The van der Waals surface area contributed by atoms with Gasteiger partial charge in [-0.15, -0.1) is 0 Å². The average Bonchev–Trinajstić information content (AvgIpc) is 3.36. The van der Waals surface area contributed by atoms with E-state index in [1.165, 1.54) is 0 Å². The number of nitrogens with zero attached hydrogens (tertiary/aromatic N) is 1. The van der Waals surface area contributed by atoms with Crippen molar-refractivity contribution in [1.29, 1.82) is 0 Å². The molecule has 1 fully saturated rings. The summed E-state index contributed by atoms with van der Waals surface area (Å²) in [6.45, 7) is 1.70. The van der Waals surface area contributed by atoms with Crippen LogP contribution in [-0.2, 0) is 27.4 Å². The van der Waals surface area contributed by atoms with Crippen LogP contribution >= 0.6 is 0 Å². The Bertz CT molecular complexity index is 923. The molecule has 8 heteroatoms. The van der Waals surface area contributed by atoms with Crippen LogP contribution in [0.5, 0.6) is 0 Å². The SMILES string of the molecule is NCCCCNC(=O)[C@@H]1CCCN1C(=O)[C@@H](Cc1ccccc1)NC(=O)OCc1ccccc1. The molecule has 182 valence electrons. The van der Waals surface area contributed by atoms with E-state index in [1.54, 1.807) is 4.90 Å². The maximum atomic E-state index is 13.5. The lowest BCUT2D eigenvalue weighted by molar-refractivity contribution is -0.139. The summed E-state index contributed by atoms with van der Waals surface area (Å²) < 4.78 is 5.35. The Balaban J connectivity index is 1.65. The van der Waals surface area contributed by atoms with Crippen molar-refractivity contribution in [3.8, 4) is 0 Å². The molecule has 1 heterocycles. The summed E-state index contributed by atoms with van der Waals surface area (Å²) in [7, 11) is 0. The molecule has 8 nitrogen and oxygen atoms in total. The smallest absolute Gasteiger partial charge is 0.408 e. The minimum atomic E-state index is -0.837. The molecule has 0 spiro atoms. The fourth-order valence-electron chi connectivity index (χ4n) is 4.06. The zero-order chi connectivity index (χ0) is 24.2. The standard InChI is InChI=1S/C26H34N4O4/c27-15-7-8-16-28-24(31)23-14-9-17-30(23)25(32)22(18-20-10-3-1-4-11-20)29-26(33)34-19-21-12-5-2-6-13-21/h1-6,10-13,22-23H,7-9,14-19,27H2,(H,28,31)(H,29,33)/t22-,23+/m1/s1. The van der Waals surface area contributed by atoms with Gasteiger partial charge in [-0.25, -0.2) is 4.79 Å². The topological polar surface area (TPSA) is 114 Å². The van der Waals surface area contributed by atoms with Crippen molar-refractivity contribution in [3.05, 3.63) is 71.8 Å². The van der Waals surface area contributed by atoms with E-state index in [-0.39, 0.29) is 18.4 Å². The first-order valence-electron chi connectivity index (χ1n) is 11.9. The lowest BCUT2D eigenvalue weighted by atomic mass is 10.0. The maximum absolute atomic E-state index is 13.5. The molecule has 0 saturated carbocycles. The van der Waals surface area contributed by atoms with Crippen molar-refractivity contribution in [2.45, 2.75) is 50.8 Å². The van der Waals surface area contributed by atoms with Gasteiger partial charge in [-0.1, -0.05) is 60.7 Å². The highest BCUT2D eigenvalue weighted by Crippen LogP contribution is 2.20. The third kappa shape index (κ3) is 7.59. The van der Waals surface area contributed by atoms with E-state index in [0.29, 0.717) is 32.5 Å². The second-order valence-electron chi connectivity index (χ2n) is 8.42. The second-order valence-corrected chi connectivity index (χ2v) is 8.42. The van der Waals surface area contributed by atoms with Crippen LogP contribution in [0.2, 0.25) is 0 Å². The van der Waals surface area contributed by atoms with Crippen LogP contribution in [-0.4, -0.2) is 54.5 Å². The Labute approximate surface area is 200 Å². The minimum Gasteiger partial charge on any atom is -0.445 e. The van der Waals surface area contributed by atoms with E-state index in [9.17, 15) is 14.4 Å². The summed E-state index contributed by atoms with van der Waals surface area (Å²) >= 11 is 0. The first kappa shape index (κ1) is 25.2. The quantitative estimate of drug-likeness (QED) is 0.440. The molecule has 3 rings (SSSR count). The minimum absolute atomic E-state index is 0.108. The number of carbonyl (C=O) groups excluding carboxylic acids is 3. The maximum Gasteiger partial charge on any atom is 0.408 e. The normalized spacial score (nSPS) is 16.0. The van der Waals surface area contributed by atoms with Crippen molar-refractivity contribution in [3.63, 3.8) is 0 Å². The van der Waals surface area contributed by atoms with Gasteiger partial charge >= 0.3 is 6.09 Å². The van der Waals surface area contributed by atoms with Gasteiger partial charge in [0.2, 0.25) is 11.8 Å². The molecule has 3 amide bonds. The molecule has 0 unspecified atom stereocenters. The van der Waals surface area contributed by atoms with Crippen LogP contribution in [0.4, 0.5) is 4.79 Å². The first-order valence-corrected chi connectivity index (χ1v) is 11.9. The van der Waals surface area contributed by atoms with Gasteiger partial charge < -0.3 is 26.0 Å². The highest BCUT2D eigenvalue weighted by Gasteiger charge is 2.37. The summed E-state index contributed by atoms with van der Waals surface area (Å²) in [6.07, 6.45) is 2.62. The number of benzene rings is 2. The Morgan fingerprint density at radius 3 is 2.35 bits per heavy atom. The lowest BCUT2D eigenvalue weighted by Crippen LogP contribution is -2.54. The predicted octanol–water partition coefficient (Wildman–Crippen LogP) is 2.37. The summed E-state index contributed by atoms with van der Waals surface area (Å²) in [5, 5.41) is 5.65. The van der Waals surface area contributed by atoms with Gasteiger partial charge in [-0.05, 0) is 43.4 Å². The van der Waals surface area contributed by atoms with Gasteiger partial charge in [0.1, 0.15) is 18.7 Å². The van der Waals surface area contributed by atoms with E-state index < -0.39 is 18.2 Å². The fourth-order valence-corrected chi connectivity index (χ4v) is 4.06. The van der Waals surface area contributed by atoms with E-state index in [4.69, 9.17) is 10.5 Å². The molecule has 2 aromatic carbocycles. The van der Waals surface area contributed by atoms with Crippen molar-refractivity contribution in [1.82, 2.24) is 15.5 Å². The van der Waals surface area contributed by atoms with E-state index >= 15 is 0 Å². The number of hydrogen-bond donors (Lipinski definition) is 3. The number of amides is 3. The molecule has 0 radical (unpaired) electrons. The number of likely N-dealkylation sites (tertiary alicyclic amines) is 1. The van der Waals surface area contributed by atoms with E-state index in [0.717, 1.165) is 30.4 Å². The van der Waals surface area contributed by atoms with Crippen LogP contribution in [0, 0.1) is 0 Å². The first-order chi connectivity index (χ1) is 16.6. The van der Waals surface area contributed by atoms with Crippen LogP contribution in [0.1, 0.15) is 36.8 Å². The Morgan fingerprint density at radius 1 is 1.00 bits per heavy atom. The van der Waals surface area contributed by atoms with Gasteiger partial charge in [-0.2, -0.15) is 0 Å². The van der Waals surface area contributed by atoms with Gasteiger partial charge in [0.15, 0.2) is 0 Å². The van der Waals surface area contributed by atoms with Crippen molar-refractivity contribution < 1.29 is 19.1 Å². The largest absolute Gasteiger partial charge is 0.445 e. The van der Waals surface area contributed by atoms with Crippen molar-refractivity contribution >= 4 is 17.9 Å². The van der Waals surface area contributed by atoms with Crippen LogP contribution in [0.3, 0.4) is 0 Å². The second kappa shape index (κ2) is 13.3. The molecule has 1 aliphatic rings. The fraction of sp³-hybridized carbons (Fsp3) is 0.423. The van der Waals surface area contributed by atoms with Crippen molar-refractivity contribution in [2.24, 2.45) is 5.73 Å².